The van der Waals surface area contributed by atoms with Gasteiger partial charge in [0.1, 0.15) is 0 Å². The molecule has 1 nitrogen and oxygen atoms in total. The Hall–Kier alpha value is -0.0400. The zero-order valence-corrected chi connectivity index (χ0v) is 5.57. The van der Waals surface area contributed by atoms with Crippen molar-refractivity contribution in [3.63, 3.8) is 0 Å². The smallest absolute Gasteiger partial charge is 0.00118 e. The van der Waals surface area contributed by atoms with Crippen LogP contribution in [0, 0.1) is 17.3 Å². The van der Waals surface area contributed by atoms with E-state index in [1.165, 1.54) is 13.1 Å². The van der Waals surface area contributed by atoms with Crippen molar-refractivity contribution in [3.8, 4) is 0 Å². The van der Waals surface area contributed by atoms with E-state index in [1.807, 2.05) is 0 Å². The summed E-state index contributed by atoms with van der Waals surface area (Å²) < 4.78 is 0. The highest BCUT2D eigenvalue weighted by Crippen LogP contribution is 2.59. The van der Waals surface area contributed by atoms with Gasteiger partial charge in [0.25, 0.3) is 0 Å². The Labute approximate surface area is 50.5 Å². The standard InChI is InChI=1S/C7H13N/c1-7(2)5-3-8-4-6(5)7/h5-6,8H,3-4H2,1-2H3/t5-,6?/m0/s1. The van der Waals surface area contributed by atoms with E-state index in [2.05, 4.69) is 19.2 Å². The zero-order valence-electron chi connectivity index (χ0n) is 5.57. The number of rotatable bonds is 0. The minimum Gasteiger partial charge on any atom is -0.316 e. The van der Waals surface area contributed by atoms with Crippen molar-refractivity contribution in [3.05, 3.63) is 0 Å². The van der Waals surface area contributed by atoms with E-state index in [4.69, 9.17) is 0 Å². The van der Waals surface area contributed by atoms with Crippen LogP contribution in [0.15, 0.2) is 0 Å². The summed E-state index contributed by atoms with van der Waals surface area (Å²) in [5.74, 6) is 2.03. The lowest BCUT2D eigenvalue weighted by atomic mass is 10.1. The van der Waals surface area contributed by atoms with Gasteiger partial charge in [0, 0.05) is 0 Å². The fourth-order valence-corrected chi connectivity index (χ4v) is 2.06. The van der Waals surface area contributed by atoms with E-state index in [9.17, 15) is 0 Å². The predicted molar refractivity (Wildman–Crippen MR) is 33.6 cm³/mol. The molecule has 1 saturated carbocycles. The first kappa shape index (κ1) is 4.80. The van der Waals surface area contributed by atoms with Gasteiger partial charge in [-0.3, -0.25) is 0 Å². The Morgan fingerprint density at radius 1 is 1.25 bits per heavy atom. The molecule has 1 aliphatic heterocycles. The van der Waals surface area contributed by atoms with Gasteiger partial charge < -0.3 is 5.32 Å². The van der Waals surface area contributed by atoms with Gasteiger partial charge in [0.2, 0.25) is 0 Å². The van der Waals surface area contributed by atoms with Crippen molar-refractivity contribution in [2.75, 3.05) is 13.1 Å². The Morgan fingerprint density at radius 3 is 2.00 bits per heavy atom. The molecular weight excluding hydrogens is 98.1 g/mol. The van der Waals surface area contributed by atoms with E-state index in [-0.39, 0.29) is 0 Å². The van der Waals surface area contributed by atoms with Gasteiger partial charge in [-0.15, -0.1) is 0 Å². The molecule has 0 bridgehead atoms. The van der Waals surface area contributed by atoms with Crippen LogP contribution in [0.1, 0.15) is 13.8 Å². The average molecular weight is 111 g/mol. The third-order valence-electron chi connectivity index (χ3n) is 3.02. The molecule has 8 heavy (non-hydrogen) atoms. The molecule has 1 heteroatoms. The van der Waals surface area contributed by atoms with Crippen molar-refractivity contribution in [2.45, 2.75) is 13.8 Å². The molecule has 0 radical (unpaired) electrons. The Morgan fingerprint density at radius 2 is 1.75 bits per heavy atom. The quantitative estimate of drug-likeness (QED) is 0.489. The minimum absolute atomic E-state index is 0.700. The molecule has 2 fully saturated rings. The molecule has 2 atom stereocenters. The van der Waals surface area contributed by atoms with Crippen LogP contribution in [0.5, 0.6) is 0 Å². The topological polar surface area (TPSA) is 12.0 Å². The molecule has 1 N–H and O–H groups in total. The molecule has 1 heterocycles. The van der Waals surface area contributed by atoms with E-state index in [0.717, 1.165) is 11.8 Å². The Kier molecular flexibility index (Phi) is 0.663. The number of piperidine rings is 1. The molecule has 1 saturated heterocycles. The predicted octanol–water partition coefficient (Wildman–Crippen LogP) is 0.862. The van der Waals surface area contributed by atoms with Crippen LogP contribution in [0.2, 0.25) is 0 Å². The summed E-state index contributed by atoms with van der Waals surface area (Å²) in [7, 11) is 0. The van der Waals surface area contributed by atoms with Crippen LogP contribution in [0.4, 0.5) is 0 Å². The molecule has 0 spiro atoms. The number of hydrogen-bond donors (Lipinski definition) is 1. The summed E-state index contributed by atoms with van der Waals surface area (Å²) in [6.45, 7) is 7.31. The SMILES string of the molecule is CC1(C)C2CNC[C@@H]21. The first-order valence-corrected chi connectivity index (χ1v) is 3.43. The average Bonchev–Trinajstić information content (AvgIpc) is 2.22. The molecular formula is C7H13N. The lowest BCUT2D eigenvalue weighted by Crippen LogP contribution is -2.17. The van der Waals surface area contributed by atoms with Gasteiger partial charge in [-0.1, -0.05) is 13.8 Å². The number of fused-ring (bicyclic) bond motifs is 1. The molecule has 1 unspecified atom stereocenters. The maximum absolute atomic E-state index is 3.38. The second-order valence-electron chi connectivity index (χ2n) is 3.69. The van der Waals surface area contributed by atoms with E-state index in [1.54, 1.807) is 0 Å². The van der Waals surface area contributed by atoms with Gasteiger partial charge in [-0.05, 0) is 30.3 Å². The molecule has 0 amide bonds. The van der Waals surface area contributed by atoms with Crippen LogP contribution in [-0.2, 0) is 0 Å². The van der Waals surface area contributed by atoms with Crippen LogP contribution >= 0.6 is 0 Å². The number of hydrogen-bond acceptors (Lipinski definition) is 1. The van der Waals surface area contributed by atoms with E-state index in [0.29, 0.717) is 5.41 Å². The molecule has 2 rings (SSSR count). The summed E-state index contributed by atoms with van der Waals surface area (Å²) in [6, 6.07) is 0. The van der Waals surface area contributed by atoms with Gasteiger partial charge in [-0.25, -0.2) is 0 Å². The van der Waals surface area contributed by atoms with Crippen molar-refractivity contribution in [1.82, 2.24) is 5.32 Å². The Balaban J connectivity index is 2.13. The first-order chi connectivity index (χ1) is 3.73. The van der Waals surface area contributed by atoms with E-state index >= 15 is 0 Å². The van der Waals surface area contributed by atoms with Crippen LogP contribution in [0.3, 0.4) is 0 Å². The summed E-state index contributed by atoms with van der Waals surface area (Å²) in [4.78, 5) is 0. The summed E-state index contributed by atoms with van der Waals surface area (Å²) in [6.07, 6.45) is 0. The third-order valence-corrected chi connectivity index (χ3v) is 3.02. The summed E-state index contributed by atoms with van der Waals surface area (Å²) in [5, 5.41) is 3.38. The Bertz CT molecular complexity index is 106. The molecule has 46 valence electrons. The van der Waals surface area contributed by atoms with Gasteiger partial charge in [0.05, 0.1) is 0 Å². The highest BCUT2D eigenvalue weighted by molar-refractivity contribution is 5.10. The lowest BCUT2D eigenvalue weighted by molar-refractivity contribution is 0.475. The highest BCUT2D eigenvalue weighted by atomic mass is 15.0. The van der Waals surface area contributed by atoms with Crippen LogP contribution in [-0.4, -0.2) is 13.1 Å². The summed E-state index contributed by atoms with van der Waals surface area (Å²) >= 11 is 0. The molecule has 2 aliphatic rings. The normalized spacial score (nSPS) is 48.8. The maximum Gasteiger partial charge on any atom is -0.00118 e. The van der Waals surface area contributed by atoms with Crippen molar-refractivity contribution in [1.29, 1.82) is 0 Å². The van der Waals surface area contributed by atoms with Crippen LogP contribution in [0.25, 0.3) is 0 Å². The van der Waals surface area contributed by atoms with E-state index < -0.39 is 0 Å². The summed E-state index contributed by atoms with van der Waals surface area (Å²) in [5.41, 5.74) is 0.700. The number of nitrogens with one attached hydrogen (secondary N) is 1. The van der Waals surface area contributed by atoms with Crippen LogP contribution < -0.4 is 5.32 Å². The molecule has 0 aromatic rings. The molecule has 1 aliphatic carbocycles. The monoisotopic (exact) mass is 111 g/mol. The van der Waals surface area contributed by atoms with Crippen molar-refractivity contribution >= 4 is 0 Å². The zero-order chi connectivity index (χ0) is 5.78. The third kappa shape index (κ3) is 0.368. The van der Waals surface area contributed by atoms with Crippen molar-refractivity contribution in [2.24, 2.45) is 17.3 Å². The van der Waals surface area contributed by atoms with Gasteiger partial charge >= 0.3 is 0 Å². The maximum atomic E-state index is 3.38. The fourth-order valence-electron chi connectivity index (χ4n) is 2.06. The largest absolute Gasteiger partial charge is 0.316 e. The highest BCUT2D eigenvalue weighted by Gasteiger charge is 2.59. The molecule has 0 aromatic heterocycles. The first-order valence-electron chi connectivity index (χ1n) is 3.43. The minimum atomic E-state index is 0.700. The lowest BCUT2D eigenvalue weighted by Gasteiger charge is -2.06. The van der Waals surface area contributed by atoms with Crippen molar-refractivity contribution < 1.29 is 0 Å². The van der Waals surface area contributed by atoms with Gasteiger partial charge in [0.15, 0.2) is 0 Å². The molecule has 0 aromatic carbocycles. The van der Waals surface area contributed by atoms with Gasteiger partial charge in [-0.2, -0.15) is 0 Å². The second kappa shape index (κ2) is 1.10. The second-order valence-corrected chi connectivity index (χ2v) is 3.69. The fraction of sp³-hybridized carbons (Fsp3) is 1.00.